The molecule has 0 aliphatic heterocycles. The standard InChI is InChI=1S/C14H16ClFN2S/c1-9-18-12(8-19-9)7-11(17-2)5-10-3-4-14(16)13(15)6-10/h3-4,6,8,11,17H,5,7H2,1-2H3. The van der Waals surface area contributed by atoms with Gasteiger partial charge in [-0.15, -0.1) is 11.3 Å². The number of aromatic nitrogens is 1. The molecule has 0 saturated heterocycles. The molecule has 0 bridgehead atoms. The van der Waals surface area contributed by atoms with E-state index in [2.05, 4.69) is 15.7 Å². The molecule has 0 spiro atoms. The van der Waals surface area contributed by atoms with Crippen molar-refractivity contribution in [3.8, 4) is 0 Å². The summed E-state index contributed by atoms with van der Waals surface area (Å²) in [4.78, 5) is 4.46. The van der Waals surface area contributed by atoms with Crippen molar-refractivity contribution >= 4 is 22.9 Å². The molecule has 1 aromatic heterocycles. The van der Waals surface area contributed by atoms with E-state index in [1.807, 2.05) is 14.0 Å². The van der Waals surface area contributed by atoms with E-state index in [9.17, 15) is 4.39 Å². The van der Waals surface area contributed by atoms with Gasteiger partial charge in [-0.05, 0) is 38.1 Å². The molecule has 2 aromatic rings. The molecule has 1 unspecified atom stereocenters. The summed E-state index contributed by atoms with van der Waals surface area (Å²) in [6, 6.07) is 5.14. The van der Waals surface area contributed by atoms with Gasteiger partial charge in [0.15, 0.2) is 0 Å². The minimum absolute atomic E-state index is 0.178. The van der Waals surface area contributed by atoms with Gasteiger partial charge in [0.25, 0.3) is 0 Å². The minimum atomic E-state index is -0.374. The molecule has 0 aliphatic carbocycles. The fourth-order valence-electron chi connectivity index (χ4n) is 1.98. The van der Waals surface area contributed by atoms with Crippen LogP contribution in [0.4, 0.5) is 4.39 Å². The van der Waals surface area contributed by atoms with Crippen LogP contribution >= 0.6 is 22.9 Å². The van der Waals surface area contributed by atoms with Crippen LogP contribution in [0.15, 0.2) is 23.6 Å². The van der Waals surface area contributed by atoms with Crippen molar-refractivity contribution in [3.63, 3.8) is 0 Å². The van der Waals surface area contributed by atoms with Gasteiger partial charge in [0.1, 0.15) is 5.82 Å². The number of likely N-dealkylation sites (N-methyl/N-ethyl adjacent to an activating group) is 1. The molecule has 1 heterocycles. The number of benzene rings is 1. The summed E-state index contributed by atoms with van der Waals surface area (Å²) in [5, 5.41) is 6.61. The van der Waals surface area contributed by atoms with Crippen molar-refractivity contribution in [3.05, 3.63) is 50.7 Å². The summed E-state index contributed by atoms with van der Waals surface area (Å²) in [6.45, 7) is 2.00. The van der Waals surface area contributed by atoms with E-state index >= 15 is 0 Å². The molecular weight excluding hydrogens is 283 g/mol. The number of thiazole rings is 1. The Balaban J connectivity index is 2.04. The third kappa shape index (κ3) is 4.00. The number of hydrogen-bond donors (Lipinski definition) is 1. The van der Waals surface area contributed by atoms with Crippen molar-refractivity contribution in [2.45, 2.75) is 25.8 Å². The largest absolute Gasteiger partial charge is 0.316 e. The summed E-state index contributed by atoms with van der Waals surface area (Å²) >= 11 is 7.46. The highest BCUT2D eigenvalue weighted by molar-refractivity contribution is 7.09. The lowest BCUT2D eigenvalue weighted by molar-refractivity contribution is 0.550. The SMILES string of the molecule is CNC(Cc1ccc(F)c(Cl)c1)Cc1csc(C)n1. The Morgan fingerprint density at radius 1 is 1.42 bits per heavy atom. The zero-order valence-electron chi connectivity index (χ0n) is 10.9. The van der Waals surface area contributed by atoms with Crippen LogP contribution in [0.3, 0.4) is 0 Å². The lowest BCUT2D eigenvalue weighted by Gasteiger charge is -2.15. The van der Waals surface area contributed by atoms with Gasteiger partial charge in [0.2, 0.25) is 0 Å². The van der Waals surface area contributed by atoms with Crippen molar-refractivity contribution in [2.75, 3.05) is 7.05 Å². The highest BCUT2D eigenvalue weighted by atomic mass is 35.5. The first-order valence-electron chi connectivity index (χ1n) is 6.10. The van der Waals surface area contributed by atoms with Crippen LogP contribution in [-0.4, -0.2) is 18.1 Å². The maximum atomic E-state index is 13.1. The molecule has 2 nitrogen and oxygen atoms in total. The smallest absolute Gasteiger partial charge is 0.141 e. The lowest BCUT2D eigenvalue weighted by atomic mass is 10.0. The van der Waals surface area contributed by atoms with E-state index in [4.69, 9.17) is 11.6 Å². The number of rotatable bonds is 5. The molecule has 0 radical (unpaired) electrons. The number of aryl methyl sites for hydroxylation is 1. The van der Waals surface area contributed by atoms with Crippen LogP contribution in [0.25, 0.3) is 0 Å². The van der Waals surface area contributed by atoms with Crippen LogP contribution in [-0.2, 0) is 12.8 Å². The number of nitrogens with zero attached hydrogens (tertiary/aromatic N) is 1. The summed E-state index contributed by atoms with van der Waals surface area (Å²) in [5.74, 6) is -0.374. The van der Waals surface area contributed by atoms with Crippen molar-refractivity contribution in [2.24, 2.45) is 0 Å². The molecule has 5 heteroatoms. The van der Waals surface area contributed by atoms with E-state index in [1.165, 1.54) is 6.07 Å². The van der Waals surface area contributed by atoms with Crippen LogP contribution in [0.1, 0.15) is 16.3 Å². The maximum absolute atomic E-state index is 13.1. The fraction of sp³-hybridized carbons (Fsp3) is 0.357. The third-order valence-corrected chi connectivity index (χ3v) is 4.11. The molecule has 1 aromatic carbocycles. The predicted octanol–water partition coefficient (Wildman–Crippen LogP) is 3.62. The lowest BCUT2D eigenvalue weighted by Crippen LogP contribution is -2.30. The fourth-order valence-corrected chi connectivity index (χ4v) is 2.81. The Morgan fingerprint density at radius 2 is 2.21 bits per heavy atom. The second-order valence-electron chi connectivity index (χ2n) is 4.50. The summed E-state index contributed by atoms with van der Waals surface area (Å²) in [5.41, 5.74) is 2.12. The van der Waals surface area contributed by atoms with E-state index in [1.54, 1.807) is 23.5 Å². The van der Waals surface area contributed by atoms with Gasteiger partial charge in [0.05, 0.1) is 15.7 Å². The van der Waals surface area contributed by atoms with Gasteiger partial charge in [-0.2, -0.15) is 0 Å². The van der Waals surface area contributed by atoms with Crippen molar-refractivity contribution < 1.29 is 4.39 Å². The van der Waals surface area contributed by atoms with Gasteiger partial charge in [0, 0.05) is 17.8 Å². The Bertz CT molecular complexity index is 556. The molecule has 1 atom stereocenters. The Labute approximate surface area is 121 Å². The average Bonchev–Trinajstić information content (AvgIpc) is 2.78. The quantitative estimate of drug-likeness (QED) is 0.912. The number of halogens is 2. The molecule has 0 aliphatic rings. The topological polar surface area (TPSA) is 24.9 Å². The van der Waals surface area contributed by atoms with Crippen molar-refractivity contribution in [1.29, 1.82) is 0 Å². The third-order valence-electron chi connectivity index (χ3n) is 3.00. The highest BCUT2D eigenvalue weighted by Gasteiger charge is 2.11. The number of nitrogens with one attached hydrogen (secondary N) is 1. The summed E-state index contributed by atoms with van der Waals surface area (Å²) in [7, 11) is 1.93. The van der Waals surface area contributed by atoms with Crippen LogP contribution in [0.2, 0.25) is 5.02 Å². The van der Waals surface area contributed by atoms with Gasteiger partial charge in [-0.25, -0.2) is 9.37 Å². The van der Waals surface area contributed by atoms with Gasteiger partial charge in [-0.3, -0.25) is 0 Å². The van der Waals surface area contributed by atoms with E-state index in [-0.39, 0.29) is 16.9 Å². The average molecular weight is 299 g/mol. The first-order chi connectivity index (χ1) is 9.08. The molecule has 19 heavy (non-hydrogen) atoms. The van der Waals surface area contributed by atoms with E-state index in [0.717, 1.165) is 29.1 Å². The minimum Gasteiger partial charge on any atom is -0.316 e. The summed E-state index contributed by atoms with van der Waals surface area (Å²) in [6.07, 6.45) is 1.66. The first kappa shape index (κ1) is 14.4. The zero-order valence-corrected chi connectivity index (χ0v) is 12.5. The molecule has 0 fully saturated rings. The monoisotopic (exact) mass is 298 g/mol. The van der Waals surface area contributed by atoms with Gasteiger partial charge in [-0.1, -0.05) is 17.7 Å². The Hall–Kier alpha value is -0.970. The normalized spacial score (nSPS) is 12.6. The van der Waals surface area contributed by atoms with E-state index < -0.39 is 0 Å². The predicted molar refractivity (Wildman–Crippen MR) is 78.5 cm³/mol. The Morgan fingerprint density at radius 3 is 2.79 bits per heavy atom. The van der Waals surface area contributed by atoms with Gasteiger partial charge < -0.3 is 5.32 Å². The van der Waals surface area contributed by atoms with Gasteiger partial charge >= 0.3 is 0 Å². The molecule has 2 rings (SSSR count). The molecule has 102 valence electrons. The zero-order chi connectivity index (χ0) is 13.8. The highest BCUT2D eigenvalue weighted by Crippen LogP contribution is 2.18. The second kappa shape index (κ2) is 6.46. The van der Waals surface area contributed by atoms with Crippen LogP contribution in [0, 0.1) is 12.7 Å². The maximum Gasteiger partial charge on any atom is 0.141 e. The molecular formula is C14H16ClFN2S. The molecule has 0 saturated carbocycles. The Kier molecular flexibility index (Phi) is 4.91. The molecule has 0 amide bonds. The number of hydrogen-bond acceptors (Lipinski definition) is 3. The van der Waals surface area contributed by atoms with E-state index in [0.29, 0.717) is 0 Å². The van der Waals surface area contributed by atoms with Crippen LogP contribution < -0.4 is 5.32 Å². The van der Waals surface area contributed by atoms with Crippen LogP contribution in [0.5, 0.6) is 0 Å². The summed E-state index contributed by atoms with van der Waals surface area (Å²) < 4.78 is 13.1. The molecule has 1 N–H and O–H groups in total. The second-order valence-corrected chi connectivity index (χ2v) is 5.97. The first-order valence-corrected chi connectivity index (χ1v) is 7.36. The van der Waals surface area contributed by atoms with Crippen molar-refractivity contribution in [1.82, 2.24) is 10.3 Å².